The van der Waals surface area contributed by atoms with Crippen molar-refractivity contribution in [1.82, 2.24) is 0 Å². The van der Waals surface area contributed by atoms with Crippen molar-refractivity contribution in [1.29, 1.82) is 0 Å². The second-order valence-electron chi connectivity index (χ2n) is 5.20. The van der Waals surface area contributed by atoms with Gasteiger partial charge in [-0.1, -0.05) is 36.4 Å². The summed E-state index contributed by atoms with van der Waals surface area (Å²) < 4.78 is 12.0. The highest BCUT2D eigenvalue weighted by molar-refractivity contribution is 7.98. The average molecular weight is 316 g/mol. The van der Waals surface area contributed by atoms with E-state index in [0.29, 0.717) is 6.79 Å². The minimum absolute atomic E-state index is 0.295. The molecule has 0 aromatic heterocycles. The fourth-order valence-corrected chi connectivity index (χ4v) is 4.78. The van der Waals surface area contributed by atoms with E-state index in [9.17, 15) is 0 Å². The first-order chi connectivity index (χ1) is 10.4. The van der Waals surface area contributed by atoms with Gasteiger partial charge in [-0.25, -0.2) is 0 Å². The molecule has 4 rings (SSSR count). The van der Waals surface area contributed by atoms with Crippen molar-refractivity contribution >= 4 is 23.5 Å². The number of ether oxygens (including phenoxy) is 2. The Balaban J connectivity index is 1.82. The first-order valence-electron chi connectivity index (χ1n) is 7.04. The van der Waals surface area contributed by atoms with Gasteiger partial charge in [0.15, 0.2) is 0 Å². The van der Waals surface area contributed by atoms with E-state index in [1.54, 1.807) is 0 Å². The molecular formula is C17H16O2S2. The Labute approximate surface area is 133 Å². The summed E-state index contributed by atoms with van der Waals surface area (Å²) in [6.45, 7) is 0.295. The SMILES string of the molecule is c1cc2c3c(c1)CSCc1cccc(c1OCO3)CSC2. The smallest absolute Gasteiger partial charge is 0.230 e. The number of benzene rings is 2. The molecule has 2 nitrogen and oxygen atoms in total. The van der Waals surface area contributed by atoms with Gasteiger partial charge in [-0.15, -0.1) is 0 Å². The zero-order valence-corrected chi connectivity index (χ0v) is 13.3. The Bertz CT molecular complexity index is 568. The van der Waals surface area contributed by atoms with Gasteiger partial charge in [0, 0.05) is 45.3 Å². The van der Waals surface area contributed by atoms with Crippen LogP contribution in [0.4, 0.5) is 0 Å². The zero-order chi connectivity index (χ0) is 14.1. The number of thioether (sulfide) groups is 2. The molecule has 0 N–H and O–H groups in total. The molecule has 0 amide bonds. The first-order valence-corrected chi connectivity index (χ1v) is 9.35. The van der Waals surface area contributed by atoms with Crippen LogP contribution in [-0.2, 0) is 23.0 Å². The van der Waals surface area contributed by atoms with Crippen molar-refractivity contribution in [2.75, 3.05) is 6.79 Å². The summed E-state index contributed by atoms with van der Waals surface area (Å²) in [6.07, 6.45) is 0. The molecule has 4 heteroatoms. The molecule has 2 aliphatic heterocycles. The molecule has 0 fully saturated rings. The van der Waals surface area contributed by atoms with E-state index >= 15 is 0 Å². The van der Waals surface area contributed by atoms with Crippen molar-refractivity contribution in [2.24, 2.45) is 0 Å². The number of para-hydroxylation sites is 2. The maximum Gasteiger partial charge on any atom is 0.230 e. The van der Waals surface area contributed by atoms with Crippen LogP contribution in [0.5, 0.6) is 11.5 Å². The van der Waals surface area contributed by atoms with E-state index in [4.69, 9.17) is 9.47 Å². The standard InChI is InChI=1S/C17H16O2S2/c1-3-12-7-20-9-14-5-2-6-15-10-21-8-13(4-1)16(12)18-11-19-17(14)15/h1-6H,7-11H2. The van der Waals surface area contributed by atoms with Crippen molar-refractivity contribution in [3.63, 3.8) is 0 Å². The van der Waals surface area contributed by atoms with Gasteiger partial charge in [0.25, 0.3) is 0 Å². The van der Waals surface area contributed by atoms with Crippen LogP contribution in [0.3, 0.4) is 0 Å². The molecule has 0 radical (unpaired) electrons. The molecule has 0 saturated heterocycles. The molecule has 0 atom stereocenters. The van der Waals surface area contributed by atoms with E-state index in [2.05, 4.69) is 36.4 Å². The fourth-order valence-electron chi connectivity index (χ4n) is 2.79. The number of hydrogen-bond donors (Lipinski definition) is 0. The molecule has 21 heavy (non-hydrogen) atoms. The molecule has 2 aliphatic rings. The van der Waals surface area contributed by atoms with Crippen LogP contribution in [0.15, 0.2) is 36.4 Å². The monoisotopic (exact) mass is 316 g/mol. The highest BCUT2D eigenvalue weighted by atomic mass is 32.2. The predicted molar refractivity (Wildman–Crippen MR) is 89.0 cm³/mol. The van der Waals surface area contributed by atoms with Crippen LogP contribution in [0.2, 0.25) is 0 Å². The maximum atomic E-state index is 5.98. The summed E-state index contributed by atoms with van der Waals surface area (Å²) in [5.74, 6) is 5.99. The zero-order valence-electron chi connectivity index (χ0n) is 11.6. The Morgan fingerprint density at radius 2 is 1.00 bits per heavy atom. The number of hydrogen-bond acceptors (Lipinski definition) is 4. The van der Waals surface area contributed by atoms with E-state index in [-0.39, 0.29) is 0 Å². The van der Waals surface area contributed by atoms with Gasteiger partial charge in [-0.3, -0.25) is 0 Å². The van der Waals surface area contributed by atoms with Gasteiger partial charge < -0.3 is 9.47 Å². The average Bonchev–Trinajstić information content (AvgIpc) is 2.52. The van der Waals surface area contributed by atoms with E-state index in [1.807, 2.05) is 23.5 Å². The normalized spacial score (nSPS) is 17.0. The van der Waals surface area contributed by atoms with E-state index < -0.39 is 0 Å². The summed E-state index contributed by atoms with van der Waals surface area (Å²) in [5, 5.41) is 0. The van der Waals surface area contributed by atoms with Crippen LogP contribution in [0.25, 0.3) is 0 Å². The van der Waals surface area contributed by atoms with Crippen LogP contribution in [0, 0.1) is 0 Å². The number of rotatable bonds is 0. The molecular weight excluding hydrogens is 300 g/mol. The van der Waals surface area contributed by atoms with Gasteiger partial charge in [-0.05, 0) is 0 Å². The molecule has 0 unspecified atom stereocenters. The summed E-state index contributed by atoms with van der Waals surface area (Å²) in [5.41, 5.74) is 5.12. The third-order valence-corrected chi connectivity index (χ3v) is 5.85. The third-order valence-electron chi connectivity index (χ3n) is 3.79. The predicted octanol–water partition coefficient (Wildman–Crippen LogP) is 4.60. The molecule has 2 heterocycles. The van der Waals surface area contributed by atoms with Gasteiger partial charge >= 0.3 is 0 Å². The van der Waals surface area contributed by atoms with Gasteiger partial charge in [0.05, 0.1) is 0 Å². The van der Waals surface area contributed by atoms with Crippen molar-refractivity contribution in [3.05, 3.63) is 58.7 Å². The molecule has 108 valence electrons. The Morgan fingerprint density at radius 1 is 0.619 bits per heavy atom. The lowest BCUT2D eigenvalue weighted by molar-refractivity contribution is 0.116. The summed E-state index contributed by atoms with van der Waals surface area (Å²) >= 11 is 3.84. The second-order valence-corrected chi connectivity index (χ2v) is 7.17. The lowest BCUT2D eigenvalue weighted by Gasteiger charge is -2.22. The lowest BCUT2D eigenvalue weighted by Crippen LogP contribution is -2.13. The topological polar surface area (TPSA) is 18.5 Å². The fraction of sp³-hybridized carbons (Fsp3) is 0.294. The minimum atomic E-state index is 0.295. The summed E-state index contributed by atoms with van der Waals surface area (Å²) in [7, 11) is 0. The Morgan fingerprint density at radius 3 is 1.38 bits per heavy atom. The van der Waals surface area contributed by atoms with Crippen LogP contribution in [-0.4, -0.2) is 6.79 Å². The van der Waals surface area contributed by atoms with Gasteiger partial charge in [0.1, 0.15) is 11.5 Å². The van der Waals surface area contributed by atoms with E-state index in [0.717, 1.165) is 34.5 Å². The maximum absolute atomic E-state index is 5.98. The quantitative estimate of drug-likeness (QED) is 0.707. The van der Waals surface area contributed by atoms with Crippen LogP contribution < -0.4 is 9.47 Å². The molecule has 0 aliphatic carbocycles. The Kier molecular flexibility index (Phi) is 3.74. The first kappa shape index (κ1) is 13.4. The van der Waals surface area contributed by atoms with Crippen molar-refractivity contribution in [3.8, 4) is 11.5 Å². The molecule has 2 aromatic carbocycles. The van der Waals surface area contributed by atoms with Crippen molar-refractivity contribution < 1.29 is 9.47 Å². The highest BCUT2D eigenvalue weighted by Crippen LogP contribution is 2.38. The largest absolute Gasteiger partial charge is 0.457 e. The second kappa shape index (κ2) is 5.85. The number of fused-ring (bicyclic) bond motifs is 2. The van der Waals surface area contributed by atoms with E-state index in [1.165, 1.54) is 22.3 Å². The van der Waals surface area contributed by atoms with Crippen LogP contribution in [0.1, 0.15) is 22.3 Å². The van der Waals surface area contributed by atoms with Crippen LogP contribution >= 0.6 is 23.5 Å². The summed E-state index contributed by atoms with van der Waals surface area (Å²) in [6, 6.07) is 13.0. The molecule has 0 saturated carbocycles. The Hall–Kier alpha value is -1.26. The van der Waals surface area contributed by atoms with Gasteiger partial charge in [0.2, 0.25) is 6.79 Å². The third kappa shape index (κ3) is 2.62. The molecule has 0 spiro atoms. The van der Waals surface area contributed by atoms with Gasteiger partial charge in [-0.2, -0.15) is 23.5 Å². The molecule has 2 bridgehead atoms. The summed E-state index contributed by atoms with van der Waals surface area (Å²) in [4.78, 5) is 0. The minimum Gasteiger partial charge on any atom is -0.457 e. The highest BCUT2D eigenvalue weighted by Gasteiger charge is 2.18. The molecule has 2 aromatic rings. The lowest BCUT2D eigenvalue weighted by atomic mass is 10.1. The van der Waals surface area contributed by atoms with Crippen molar-refractivity contribution in [2.45, 2.75) is 23.0 Å².